The fraction of sp³-hybridized carbons (Fsp3) is 0.444. The van der Waals surface area contributed by atoms with Crippen LogP contribution in [0.25, 0.3) is 10.8 Å². The SMILES string of the molecule is CN1CCCCC(CN)C1c1ccc2ccccc2c1. The van der Waals surface area contributed by atoms with Gasteiger partial charge in [-0.3, -0.25) is 4.90 Å². The molecular formula is C18H24N2. The summed E-state index contributed by atoms with van der Waals surface area (Å²) in [6, 6.07) is 15.9. The van der Waals surface area contributed by atoms with Gasteiger partial charge in [-0.05, 0) is 61.3 Å². The van der Waals surface area contributed by atoms with Crippen molar-refractivity contribution in [2.45, 2.75) is 25.3 Å². The molecular weight excluding hydrogens is 244 g/mol. The lowest BCUT2D eigenvalue weighted by atomic mass is 9.88. The van der Waals surface area contributed by atoms with Crippen LogP contribution < -0.4 is 5.73 Å². The van der Waals surface area contributed by atoms with Gasteiger partial charge in [0, 0.05) is 6.04 Å². The Balaban J connectivity index is 2.01. The van der Waals surface area contributed by atoms with Gasteiger partial charge in [0.1, 0.15) is 0 Å². The van der Waals surface area contributed by atoms with Crippen molar-refractivity contribution in [2.75, 3.05) is 20.1 Å². The van der Waals surface area contributed by atoms with Crippen LogP contribution in [0.15, 0.2) is 42.5 Å². The molecule has 2 heteroatoms. The van der Waals surface area contributed by atoms with E-state index in [0.29, 0.717) is 12.0 Å². The summed E-state index contributed by atoms with van der Waals surface area (Å²) in [4.78, 5) is 2.49. The minimum atomic E-state index is 0.465. The Hall–Kier alpha value is -1.38. The average Bonchev–Trinajstić information content (AvgIpc) is 2.68. The first-order chi connectivity index (χ1) is 9.79. The van der Waals surface area contributed by atoms with E-state index in [1.54, 1.807) is 0 Å². The Kier molecular flexibility index (Phi) is 4.04. The van der Waals surface area contributed by atoms with Crippen molar-refractivity contribution in [2.24, 2.45) is 11.7 Å². The maximum Gasteiger partial charge on any atom is 0.0385 e. The second kappa shape index (κ2) is 5.94. The zero-order chi connectivity index (χ0) is 13.9. The van der Waals surface area contributed by atoms with Crippen LogP contribution >= 0.6 is 0 Å². The second-order valence-electron chi connectivity index (χ2n) is 6.02. The van der Waals surface area contributed by atoms with Gasteiger partial charge in [-0.2, -0.15) is 0 Å². The zero-order valence-electron chi connectivity index (χ0n) is 12.3. The fourth-order valence-corrected chi connectivity index (χ4v) is 3.59. The van der Waals surface area contributed by atoms with E-state index in [4.69, 9.17) is 5.73 Å². The first-order valence-electron chi connectivity index (χ1n) is 7.68. The molecule has 2 unspecified atom stereocenters. The second-order valence-corrected chi connectivity index (χ2v) is 6.02. The first kappa shape index (κ1) is 13.6. The molecule has 3 rings (SSSR count). The molecule has 2 nitrogen and oxygen atoms in total. The summed E-state index contributed by atoms with van der Waals surface area (Å²) < 4.78 is 0. The summed E-state index contributed by atoms with van der Waals surface area (Å²) in [7, 11) is 2.24. The van der Waals surface area contributed by atoms with Crippen LogP contribution in [-0.2, 0) is 0 Å². The van der Waals surface area contributed by atoms with Crippen LogP contribution in [-0.4, -0.2) is 25.0 Å². The number of fused-ring (bicyclic) bond motifs is 1. The Morgan fingerprint density at radius 3 is 2.70 bits per heavy atom. The van der Waals surface area contributed by atoms with E-state index in [0.717, 1.165) is 6.54 Å². The minimum absolute atomic E-state index is 0.465. The van der Waals surface area contributed by atoms with E-state index in [9.17, 15) is 0 Å². The lowest BCUT2D eigenvalue weighted by molar-refractivity contribution is 0.196. The molecule has 2 aromatic carbocycles. The van der Waals surface area contributed by atoms with Crippen LogP contribution in [0.1, 0.15) is 30.9 Å². The summed E-state index contributed by atoms with van der Waals surface area (Å²) in [5.41, 5.74) is 7.47. The van der Waals surface area contributed by atoms with Crippen LogP contribution in [0.2, 0.25) is 0 Å². The highest BCUT2D eigenvalue weighted by atomic mass is 15.1. The molecule has 1 aliphatic heterocycles. The van der Waals surface area contributed by atoms with E-state index >= 15 is 0 Å². The van der Waals surface area contributed by atoms with Crippen molar-refractivity contribution in [1.82, 2.24) is 4.90 Å². The quantitative estimate of drug-likeness (QED) is 0.902. The van der Waals surface area contributed by atoms with E-state index in [1.807, 2.05) is 0 Å². The van der Waals surface area contributed by atoms with Crippen LogP contribution in [0.3, 0.4) is 0 Å². The van der Waals surface area contributed by atoms with Crippen molar-refractivity contribution in [1.29, 1.82) is 0 Å². The molecule has 1 fully saturated rings. The van der Waals surface area contributed by atoms with Crippen molar-refractivity contribution < 1.29 is 0 Å². The lowest BCUT2D eigenvalue weighted by Gasteiger charge is -2.32. The lowest BCUT2D eigenvalue weighted by Crippen LogP contribution is -2.32. The molecule has 1 heterocycles. The van der Waals surface area contributed by atoms with Gasteiger partial charge in [0.25, 0.3) is 0 Å². The summed E-state index contributed by atoms with van der Waals surface area (Å²) in [5.74, 6) is 0.573. The van der Waals surface area contributed by atoms with Crippen LogP contribution in [0, 0.1) is 5.92 Å². The van der Waals surface area contributed by atoms with E-state index in [2.05, 4.69) is 54.4 Å². The molecule has 0 amide bonds. The Morgan fingerprint density at radius 1 is 1.10 bits per heavy atom. The maximum atomic E-state index is 6.05. The standard InChI is InChI=1S/C18H24N2/c1-20-11-5-4-8-17(13-19)18(20)16-10-9-14-6-2-3-7-15(14)12-16/h2-3,6-7,9-10,12,17-18H,4-5,8,11,13,19H2,1H3. The average molecular weight is 268 g/mol. The Labute approximate surface area is 121 Å². The van der Waals surface area contributed by atoms with Gasteiger partial charge < -0.3 is 5.73 Å². The third-order valence-corrected chi connectivity index (χ3v) is 4.67. The number of nitrogens with two attached hydrogens (primary N) is 1. The molecule has 0 aromatic heterocycles. The fourth-order valence-electron chi connectivity index (χ4n) is 3.59. The molecule has 20 heavy (non-hydrogen) atoms. The van der Waals surface area contributed by atoms with Gasteiger partial charge in [-0.1, -0.05) is 42.8 Å². The normalized spacial score (nSPS) is 24.7. The van der Waals surface area contributed by atoms with Crippen LogP contribution in [0.4, 0.5) is 0 Å². The Morgan fingerprint density at radius 2 is 1.90 bits per heavy atom. The van der Waals surface area contributed by atoms with E-state index < -0.39 is 0 Å². The minimum Gasteiger partial charge on any atom is -0.330 e. The van der Waals surface area contributed by atoms with Gasteiger partial charge in [-0.15, -0.1) is 0 Å². The van der Waals surface area contributed by atoms with Crippen molar-refractivity contribution in [3.05, 3.63) is 48.0 Å². The number of benzene rings is 2. The zero-order valence-corrected chi connectivity index (χ0v) is 12.3. The number of nitrogens with zero attached hydrogens (tertiary/aromatic N) is 1. The molecule has 2 atom stereocenters. The third kappa shape index (κ3) is 2.58. The highest BCUT2D eigenvalue weighted by Crippen LogP contribution is 2.34. The molecule has 0 aliphatic carbocycles. The predicted octanol–water partition coefficient (Wildman–Crippen LogP) is 3.57. The number of hydrogen-bond acceptors (Lipinski definition) is 2. The van der Waals surface area contributed by atoms with Gasteiger partial charge >= 0.3 is 0 Å². The monoisotopic (exact) mass is 268 g/mol. The van der Waals surface area contributed by atoms with E-state index in [-0.39, 0.29) is 0 Å². The number of rotatable bonds is 2. The van der Waals surface area contributed by atoms with Gasteiger partial charge in [-0.25, -0.2) is 0 Å². The molecule has 0 radical (unpaired) electrons. The third-order valence-electron chi connectivity index (χ3n) is 4.67. The summed E-state index contributed by atoms with van der Waals surface area (Å²) in [6.07, 6.45) is 3.84. The van der Waals surface area contributed by atoms with Crippen molar-refractivity contribution in [3.8, 4) is 0 Å². The largest absolute Gasteiger partial charge is 0.330 e. The van der Waals surface area contributed by atoms with Gasteiger partial charge in [0.2, 0.25) is 0 Å². The van der Waals surface area contributed by atoms with Crippen LogP contribution in [0.5, 0.6) is 0 Å². The van der Waals surface area contributed by atoms with Crippen molar-refractivity contribution >= 4 is 10.8 Å². The number of likely N-dealkylation sites (tertiary alicyclic amines) is 1. The summed E-state index contributed by atoms with van der Waals surface area (Å²) in [6.45, 7) is 1.95. The molecule has 0 spiro atoms. The summed E-state index contributed by atoms with van der Waals surface area (Å²) >= 11 is 0. The summed E-state index contributed by atoms with van der Waals surface area (Å²) in [5, 5.41) is 2.65. The molecule has 106 valence electrons. The molecule has 1 aliphatic rings. The predicted molar refractivity (Wildman–Crippen MR) is 85.7 cm³/mol. The molecule has 0 bridgehead atoms. The highest BCUT2D eigenvalue weighted by molar-refractivity contribution is 5.83. The highest BCUT2D eigenvalue weighted by Gasteiger charge is 2.28. The molecule has 1 saturated heterocycles. The van der Waals surface area contributed by atoms with Gasteiger partial charge in [0.05, 0.1) is 0 Å². The Bertz CT molecular complexity index is 578. The smallest absolute Gasteiger partial charge is 0.0385 e. The molecule has 2 aromatic rings. The molecule has 2 N–H and O–H groups in total. The van der Waals surface area contributed by atoms with Crippen molar-refractivity contribution in [3.63, 3.8) is 0 Å². The number of hydrogen-bond donors (Lipinski definition) is 1. The van der Waals surface area contributed by atoms with E-state index in [1.165, 1.54) is 42.1 Å². The maximum absolute atomic E-state index is 6.05. The molecule has 0 saturated carbocycles. The van der Waals surface area contributed by atoms with Gasteiger partial charge in [0.15, 0.2) is 0 Å². The first-order valence-corrected chi connectivity index (χ1v) is 7.68. The topological polar surface area (TPSA) is 29.3 Å².